The Balaban J connectivity index is 1.82. The summed E-state index contributed by atoms with van der Waals surface area (Å²) in [6.45, 7) is 3.20. The summed E-state index contributed by atoms with van der Waals surface area (Å²) in [6.07, 6.45) is 1.37. The van der Waals surface area contributed by atoms with Crippen molar-refractivity contribution in [1.29, 1.82) is 0 Å². The first-order chi connectivity index (χ1) is 12.4. The monoisotopic (exact) mass is 355 g/mol. The number of rotatable bonds is 4. The lowest BCUT2D eigenvalue weighted by atomic mass is 10.2. The first kappa shape index (κ1) is 17.1. The van der Waals surface area contributed by atoms with Gasteiger partial charge >= 0.3 is 0 Å². The highest BCUT2D eigenvalue weighted by molar-refractivity contribution is 5.93. The maximum atomic E-state index is 12.9. The number of aromatic amines is 1. The van der Waals surface area contributed by atoms with E-state index < -0.39 is 11.5 Å². The summed E-state index contributed by atoms with van der Waals surface area (Å²) in [6, 6.07) is 7.13. The van der Waals surface area contributed by atoms with Crippen molar-refractivity contribution in [2.45, 2.75) is 13.8 Å². The van der Waals surface area contributed by atoms with Crippen LogP contribution in [0, 0.1) is 19.7 Å². The number of carbonyl (C=O) groups is 1. The Morgan fingerprint density at radius 3 is 2.69 bits per heavy atom. The first-order valence-corrected chi connectivity index (χ1v) is 7.53. The van der Waals surface area contributed by atoms with Crippen LogP contribution in [0.1, 0.15) is 27.4 Å². The number of benzene rings is 1. The second-order valence-electron chi connectivity index (χ2n) is 5.40. The Morgan fingerprint density at radius 1 is 1.27 bits per heavy atom. The third kappa shape index (κ3) is 3.69. The van der Waals surface area contributed by atoms with Gasteiger partial charge in [-0.3, -0.25) is 14.6 Å². The molecule has 0 atom stereocenters. The summed E-state index contributed by atoms with van der Waals surface area (Å²) in [4.78, 5) is 26.6. The molecular weight excluding hydrogens is 341 g/mol. The molecule has 2 N–H and O–H groups in total. The number of aryl methyl sites for hydroxylation is 2. The molecule has 0 unspecified atom stereocenters. The van der Waals surface area contributed by atoms with Crippen LogP contribution in [-0.4, -0.2) is 37.1 Å². The minimum absolute atomic E-state index is 0.0152. The number of nitrogens with one attached hydrogen (secondary N) is 2. The fraction of sp³-hybridized carbons (Fsp3) is 0.125. The van der Waals surface area contributed by atoms with E-state index in [-0.39, 0.29) is 23.2 Å². The highest BCUT2D eigenvalue weighted by Crippen LogP contribution is 2.08. The highest BCUT2D eigenvalue weighted by atomic mass is 19.1. The van der Waals surface area contributed by atoms with Gasteiger partial charge in [0.1, 0.15) is 17.2 Å². The van der Waals surface area contributed by atoms with Crippen LogP contribution in [0.15, 0.2) is 40.2 Å². The van der Waals surface area contributed by atoms with E-state index in [0.717, 1.165) is 0 Å². The van der Waals surface area contributed by atoms with Crippen LogP contribution in [0.5, 0.6) is 0 Å². The number of nitrogens with zero attached hydrogens (tertiary/aromatic N) is 5. The van der Waals surface area contributed by atoms with Crippen molar-refractivity contribution in [3.63, 3.8) is 0 Å². The zero-order valence-corrected chi connectivity index (χ0v) is 13.9. The van der Waals surface area contributed by atoms with Crippen molar-refractivity contribution in [2.24, 2.45) is 5.10 Å². The molecule has 0 radical (unpaired) electrons. The summed E-state index contributed by atoms with van der Waals surface area (Å²) in [5.41, 5.74) is 3.40. The zero-order valence-electron chi connectivity index (χ0n) is 13.9. The minimum atomic E-state index is -0.563. The topological polar surface area (TPSA) is 118 Å². The molecule has 0 fully saturated rings. The van der Waals surface area contributed by atoms with E-state index in [0.29, 0.717) is 11.3 Å². The molecule has 2 aromatic heterocycles. The van der Waals surface area contributed by atoms with E-state index in [1.807, 2.05) is 0 Å². The Bertz CT molecular complexity index is 1040. The Hall–Kier alpha value is -3.69. The highest BCUT2D eigenvalue weighted by Gasteiger charge is 2.17. The minimum Gasteiger partial charge on any atom is -0.288 e. The van der Waals surface area contributed by atoms with Crippen LogP contribution in [0.3, 0.4) is 0 Å². The van der Waals surface area contributed by atoms with Crippen molar-refractivity contribution in [2.75, 3.05) is 0 Å². The number of aromatic nitrogens is 5. The smallest absolute Gasteiger partial charge is 0.288 e. The van der Waals surface area contributed by atoms with E-state index >= 15 is 0 Å². The molecule has 1 aromatic carbocycles. The quantitative estimate of drug-likeness (QED) is 0.532. The van der Waals surface area contributed by atoms with Gasteiger partial charge in [0.25, 0.3) is 17.4 Å². The first-order valence-electron chi connectivity index (χ1n) is 7.53. The molecule has 3 aromatic rings. The molecular formula is C16H14FN7O2. The number of H-pyrrole nitrogens is 1. The summed E-state index contributed by atoms with van der Waals surface area (Å²) in [5, 5.41) is 15.5. The third-order valence-electron chi connectivity index (χ3n) is 3.36. The van der Waals surface area contributed by atoms with Crippen LogP contribution < -0.4 is 11.0 Å². The molecule has 0 spiro atoms. The standard InChI is InChI=1S/C16H14FN7O2/c1-9-7-13(24(23-9)16-19-14(25)10(2)20-22-16)15(26)21-18-8-11-3-5-12(17)6-4-11/h3-8H,1-2H3,(H,21,26)(H,19,22,25)/b18-8-. The van der Waals surface area contributed by atoms with Gasteiger partial charge in [0.15, 0.2) is 0 Å². The van der Waals surface area contributed by atoms with Gasteiger partial charge in [-0.15, -0.1) is 10.2 Å². The predicted octanol–water partition coefficient (Wildman–Crippen LogP) is 0.870. The number of hydrogen-bond acceptors (Lipinski definition) is 6. The Morgan fingerprint density at radius 2 is 2.00 bits per heavy atom. The number of halogens is 1. The van der Waals surface area contributed by atoms with Crippen molar-refractivity contribution < 1.29 is 9.18 Å². The van der Waals surface area contributed by atoms with Crippen LogP contribution >= 0.6 is 0 Å². The second kappa shape index (κ2) is 7.05. The summed E-state index contributed by atoms with van der Waals surface area (Å²) in [5.74, 6) is -0.910. The van der Waals surface area contributed by atoms with Crippen molar-refractivity contribution in [3.05, 3.63) is 69.1 Å². The molecule has 26 heavy (non-hydrogen) atoms. The fourth-order valence-corrected chi connectivity index (χ4v) is 2.07. The van der Waals surface area contributed by atoms with Gasteiger partial charge in [0.2, 0.25) is 0 Å². The van der Waals surface area contributed by atoms with Crippen molar-refractivity contribution >= 4 is 12.1 Å². The third-order valence-corrected chi connectivity index (χ3v) is 3.36. The SMILES string of the molecule is Cc1cc(C(=O)N/N=C\c2ccc(F)cc2)n(-c2nnc(C)c(=O)[nH]2)n1. The molecule has 0 aliphatic carbocycles. The van der Waals surface area contributed by atoms with Crippen LogP contribution in [0.2, 0.25) is 0 Å². The van der Waals surface area contributed by atoms with E-state index in [2.05, 4.69) is 30.8 Å². The summed E-state index contributed by atoms with van der Waals surface area (Å²) >= 11 is 0. The molecule has 1 amide bonds. The maximum Gasteiger partial charge on any atom is 0.290 e. The molecule has 0 saturated carbocycles. The van der Waals surface area contributed by atoms with Crippen LogP contribution in [0.25, 0.3) is 5.95 Å². The van der Waals surface area contributed by atoms with Gasteiger partial charge < -0.3 is 0 Å². The van der Waals surface area contributed by atoms with Gasteiger partial charge in [-0.05, 0) is 37.6 Å². The molecule has 10 heteroatoms. The number of hydrogen-bond donors (Lipinski definition) is 2. The number of hydrazone groups is 1. The average molecular weight is 355 g/mol. The second-order valence-corrected chi connectivity index (χ2v) is 5.40. The summed E-state index contributed by atoms with van der Waals surface area (Å²) in [7, 11) is 0. The Labute approximate surface area is 146 Å². The lowest BCUT2D eigenvalue weighted by molar-refractivity contribution is 0.0947. The van der Waals surface area contributed by atoms with Gasteiger partial charge in [-0.25, -0.2) is 9.82 Å². The molecule has 9 nitrogen and oxygen atoms in total. The largest absolute Gasteiger partial charge is 0.290 e. The normalized spacial score (nSPS) is 11.0. The van der Waals surface area contributed by atoms with E-state index in [1.54, 1.807) is 6.92 Å². The van der Waals surface area contributed by atoms with Crippen LogP contribution in [0.4, 0.5) is 4.39 Å². The number of carbonyl (C=O) groups excluding carboxylic acids is 1. The van der Waals surface area contributed by atoms with Crippen LogP contribution in [-0.2, 0) is 0 Å². The van der Waals surface area contributed by atoms with Gasteiger partial charge in [0, 0.05) is 0 Å². The molecule has 132 valence electrons. The van der Waals surface area contributed by atoms with Gasteiger partial charge in [-0.2, -0.15) is 14.9 Å². The zero-order chi connectivity index (χ0) is 18.7. The molecule has 0 saturated heterocycles. The molecule has 0 aliphatic heterocycles. The Kier molecular flexibility index (Phi) is 4.65. The van der Waals surface area contributed by atoms with Crippen molar-refractivity contribution in [3.8, 4) is 5.95 Å². The van der Waals surface area contributed by atoms with E-state index in [4.69, 9.17) is 0 Å². The van der Waals surface area contributed by atoms with Gasteiger partial charge in [0.05, 0.1) is 11.9 Å². The molecule has 0 bridgehead atoms. The fourth-order valence-electron chi connectivity index (χ4n) is 2.07. The summed E-state index contributed by atoms with van der Waals surface area (Å²) < 4.78 is 14.0. The predicted molar refractivity (Wildman–Crippen MR) is 90.7 cm³/mol. The maximum absolute atomic E-state index is 12.9. The molecule has 2 heterocycles. The number of amides is 1. The lowest BCUT2D eigenvalue weighted by Crippen LogP contribution is -2.24. The average Bonchev–Trinajstić information content (AvgIpc) is 3.01. The van der Waals surface area contributed by atoms with Gasteiger partial charge in [-0.1, -0.05) is 12.1 Å². The molecule has 0 aliphatic rings. The van der Waals surface area contributed by atoms with Crippen molar-refractivity contribution in [1.82, 2.24) is 30.4 Å². The van der Waals surface area contributed by atoms with E-state index in [9.17, 15) is 14.0 Å². The van der Waals surface area contributed by atoms with E-state index in [1.165, 1.54) is 48.2 Å². The molecule has 3 rings (SSSR count). The lowest BCUT2D eigenvalue weighted by Gasteiger charge is -2.04.